The summed E-state index contributed by atoms with van der Waals surface area (Å²) in [7, 11) is 1.33. The maximum Gasteiger partial charge on any atom is 0.472 e. The van der Waals surface area contributed by atoms with Crippen LogP contribution in [0.2, 0.25) is 0 Å². The number of fused-ring (bicyclic) bond motifs is 1. The number of thioether (sulfide) groups is 1. The molecule has 0 spiro atoms. The number of hydrazine groups is 1. The highest BCUT2D eigenvalue weighted by atomic mass is 32.2. The van der Waals surface area contributed by atoms with Gasteiger partial charge in [-0.05, 0) is 0 Å². The first-order chi connectivity index (χ1) is 8.43. The molecule has 6 nitrogen and oxygen atoms in total. The fraction of sp³-hybridized carbons (Fsp3) is 0.375. The number of anilines is 1. The fourth-order valence-corrected chi connectivity index (χ4v) is 2.20. The molecule has 0 aliphatic carbocycles. The Hall–Kier alpha value is -1.71. The lowest BCUT2D eigenvalue weighted by Gasteiger charge is -2.20. The highest BCUT2D eigenvalue weighted by Gasteiger charge is 2.41. The average molecular weight is 280 g/mol. The molecule has 0 aromatic carbocycles. The van der Waals surface area contributed by atoms with Crippen LogP contribution in [0.3, 0.4) is 0 Å². The first-order valence-corrected chi connectivity index (χ1v) is 5.59. The molecule has 0 unspecified atom stereocenters. The zero-order valence-corrected chi connectivity index (χ0v) is 9.80. The van der Waals surface area contributed by atoms with E-state index in [1.807, 2.05) is 0 Å². The molecule has 0 saturated heterocycles. The van der Waals surface area contributed by atoms with Crippen molar-refractivity contribution in [2.45, 2.75) is 11.2 Å². The Balaban J connectivity index is 2.24. The molecule has 0 radical (unpaired) electrons. The van der Waals surface area contributed by atoms with E-state index in [0.29, 0.717) is 5.03 Å². The molecular formula is C8H7F3N4O2S. The second-order valence-electron chi connectivity index (χ2n) is 3.18. The quantitative estimate of drug-likeness (QED) is 0.813. The summed E-state index contributed by atoms with van der Waals surface area (Å²) in [4.78, 5) is 18.5. The average Bonchev–Trinajstić information content (AvgIpc) is 2.71. The van der Waals surface area contributed by atoms with Gasteiger partial charge in [0.15, 0.2) is 5.69 Å². The Morgan fingerprint density at radius 1 is 1.56 bits per heavy atom. The van der Waals surface area contributed by atoms with E-state index in [4.69, 9.17) is 4.74 Å². The van der Waals surface area contributed by atoms with Gasteiger partial charge in [-0.1, -0.05) is 11.8 Å². The second-order valence-corrected chi connectivity index (χ2v) is 4.11. The Labute approximate surface area is 103 Å². The molecule has 0 saturated carbocycles. The topological polar surface area (TPSA) is 67.4 Å². The smallest absolute Gasteiger partial charge is 0.472 e. The van der Waals surface area contributed by atoms with Gasteiger partial charge in [0.05, 0.1) is 13.0 Å². The summed E-state index contributed by atoms with van der Waals surface area (Å²) in [5.41, 5.74) is 1.96. The number of aromatic nitrogens is 2. The molecule has 1 amide bonds. The summed E-state index contributed by atoms with van der Waals surface area (Å²) in [5.74, 6) is -1.85. The highest BCUT2D eigenvalue weighted by molar-refractivity contribution is 7.99. The molecule has 0 bridgehead atoms. The lowest BCUT2D eigenvalue weighted by atomic mass is 10.5. The van der Waals surface area contributed by atoms with Crippen molar-refractivity contribution in [2.24, 2.45) is 0 Å². The summed E-state index contributed by atoms with van der Waals surface area (Å²) < 4.78 is 41.4. The Kier molecular flexibility index (Phi) is 3.20. The van der Waals surface area contributed by atoms with Gasteiger partial charge in [-0.25, -0.2) is 4.98 Å². The van der Waals surface area contributed by atoms with Gasteiger partial charge in [0.2, 0.25) is 5.88 Å². The zero-order chi connectivity index (χ0) is 13.3. The summed E-state index contributed by atoms with van der Waals surface area (Å²) in [6.07, 6.45) is -3.71. The molecule has 0 atom stereocenters. The van der Waals surface area contributed by atoms with Crippen LogP contribution in [0.4, 0.5) is 18.9 Å². The number of amides is 1. The van der Waals surface area contributed by atoms with E-state index in [0.717, 1.165) is 5.01 Å². The van der Waals surface area contributed by atoms with E-state index in [9.17, 15) is 18.0 Å². The number of hydrogen-bond acceptors (Lipinski definition) is 6. The molecule has 0 fully saturated rings. The zero-order valence-electron chi connectivity index (χ0n) is 8.98. The van der Waals surface area contributed by atoms with Gasteiger partial charge in [-0.3, -0.25) is 15.2 Å². The lowest BCUT2D eigenvalue weighted by molar-refractivity contribution is -0.173. The van der Waals surface area contributed by atoms with Gasteiger partial charge in [0, 0.05) is 0 Å². The number of nitrogens with one attached hydrogen (secondary N) is 1. The first kappa shape index (κ1) is 12.7. The number of carbonyl (C=O) groups is 1. The number of halogens is 3. The van der Waals surface area contributed by atoms with Crippen LogP contribution in [0.1, 0.15) is 0 Å². The predicted molar refractivity (Wildman–Crippen MR) is 56.0 cm³/mol. The van der Waals surface area contributed by atoms with Crippen molar-refractivity contribution >= 4 is 23.4 Å². The van der Waals surface area contributed by atoms with Crippen molar-refractivity contribution in [1.82, 2.24) is 15.4 Å². The number of ether oxygens (including phenoxy) is 1. The normalized spacial score (nSPS) is 14.3. The van der Waals surface area contributed by atoms with Crippen LogP contribution in [-0.2, 0) is 4.79 Å². The second kappa shape index (κ2) is 4.52. The third-order valence-electron chi connectivity index (χ3n) is 2.04. The molecular weight excluding hydrogens is 273 g/mol. The van der Waals surface area contributed by atoms with E-state index < -0.39 is 12.1 Å². The van der Waals surface area contributed by atoms with Crippen molar-refractivity contribution in [3.63, 3.8) is 0 Å². The number of carbonyl (C=O) groups excluding carboxylic acids is 1. The van der Waals surface area contributed by atoms with Crippen molar-refractivity contribution in [3.05, 3.63) is 6.33 Å². The number of nitrogens with zero attached hydrogens (tertiary/aromatic N) is 3. The van der Waals surface area contributed by atoms with Crippen LogP contribution in [0.5, 0.6) is 5.88 Å². The van der Waals surface area contributed by atoms with Gasteiger partial charge < -0.3 is 4.74 Å². The van der Waals surface area contributed by atoms with Gasteiger partial charge in [0.1, 0.15) is 11.4 Å². The summed E-state index contributed by atoms with van der Waals surface area (Å²) in [6, 6.07) is 0. The fourth-order valence-electron chi connectivity index (χ4n) is 1.30. The van der Waals surface area contributed by atoms with Gasteiger partial charge in [0.25, 0.3) is 0 Å². The third kappa shape index (κ3) is 2.28. The van der Waals surface area contributed by atoms with E-state index in [2.05, 4.69) is 9.97 Å². The molecule has 1 aliphatic rings. The predicted octanol–water partition coefficient (Wildman–Crippen LogP) is 0.948. The molecule has 1 N–H and O–H groups in total. The van der Waals surface area contributed by atoms with Crippen LogP contribution in [0, 0.1) is 0 Å². The van der Waals surface area contributed by atoms with E-state index in [-0.39, 0.29) is 17.4 Å². The van der Waals surface area contributed by atoms with Crippen LogP contribution < -0.4 is 15.2 Å². The van der Waals surface area contributed by atoms with E-state index >= 15 is 0 Å². The molecule has 98 valence electrons. The van der Waals surface area contributed by atoms with Gasteiger partial charge >= 0.3 is 12.1 Å². The van der Waals surface area contributed by atoms with Crippen LogP contribution in [-0.4, -0.2) is 35.0 Å². The van der Waals surface area contributed by atoms with Crippen LogP contribution >= 0.6 is 11.8 Å². The molecule has 2 rings (SSSR count). The Morgan fingerprint density at radius 2 is 2.28 bits per heavy atom. The van der Waals surface area contributed by atoms with Crippen molar-refractivity contribution in [1.29, 1.82) is 0 Å². The monoisotopic (exact) mass is 280 g/mol. The SMILES string of the molecule is COc1ncnc2c1N(NC(=O)C(F)(F)F)CS2. The molecule has 1 aromatic heterocycles. The number of methoxy groups -OCH3 is 1. The van der Waals surface area contributed by atoms with E-state index in [1.54, 1.807) is 5.43 Å². The summed E-state index contributed by atoms with van der Waals surface area (Å²) >= 11 is 1.17. The number of hydrogen-bond donors (Lipinski definition) is 1. The molecule has 1 aromatic rings. The van der Waals surface area contributed by atoms with Crippen LogP contribution in [0.15, 0.2) is 11.4 Å². The van der Waals surface area contributed by atoms with E-state index in [1.165, 1.54) is 25.2 Å². The Morgan fingerprint density at radius 3 is 2.89 bits per heavy atom. The highest BCUT2D eigenvalue weighted by Crippen LogP contribution is 2.40. The first-order valence-electron chi connectivity index (χ1n) is 4.60. The van der Waals surface area contributed by atoms with Crippen LogP contribution in [0.25, 0.3) is 0 Å². The molecule has 2 heterocycles. The largest absolute Gasteiger partial charge is 0.479 e. The Bertz CT molecular complexity index is 482. The number of alkyl halides is 3. The minimum atomic E-state index is -4.95. The van der Waals surface area contributed by atoms with Crippen molar-refractivity contribution in [2.75, 3.05) is 18.0 Å². The molecule has 10 heteroatoms. The lowest BCUT2D eigenvalue weighted by Crippen LogP contribution is -2.47. The molecule has 18 heavy (non-hydrogen) atoms. The maximum absolute atomic E-state index is 12.2. The third-order valence-corrected chi connectivity index (χ3v) is 3.00. The van der Waals surface area contributed by atoms with Gasteiger partial charge in [-0.15, -0.1) is 0 Å². The van der Waals surface area contributed by atoms with Crippen molar-refractivity contribution < 1.29 is 22.7 Å². The summed E-state index contributed by atoms with van der Waals surface area (Å²) in [5, 5.41) is 1.46. The number of rotatable bonds is 2. The van der Waals surface area contributed by atoms with Crippen molar-refractivity contribution in [3.8, 4) is 5.88 Å². The minimum absolute atomic E-state index is 0.103. The minimum Gasteiger partial charge on any atom is -0.479 e. The standard InChI is InChI=1S/C8H7F3N4O2S/c1-17-5-4-6(13-2-12-5)18-3-15(4)14-7(16)8(9,10)11/h2H,3H2,1H3,(H,14,16). The summed E-state index contributed by atoms with van der Waals surface area (Å²) in [6.45, 7) is 0. The maximum atomic E-state index is 12.2. The molecule has 1 aliphatic heterocycles. The van der Waals surface area contributed by atoms with Gasteiger partial charge in [-0.2, -0.15) is 18.2 Å².